The first-order valence-corrected chi connectivity index (χ1v) is 15.9. The second kappa shape index (κ2) is 11.8. The molecule has 3 atom stereocenters. The Labute approximate surface area is 223 Å². The number of aliphatic carboxylic acids is 1. The highest BCUT2D eigenvalue weighted by Gasteiger charge is 2.47. The van der Waals surface area contributed by atoms with Crippen molar-refractivity contribution in [1.82, 2.24) is 5.32 Å². The summed E-state index contributed by atoms with van der Waals surface area (Å²) in [4.78, 5) is 25.7. The number of alkyl carbamates (subject to hydrolysis) is 1. The van der Waals surface area contributed by atoms with Crippen LogP contribution in [0.4, 0.5) is 4.79 Å². The van der Waals surface area contributed by atoms with Crippen molar-refractivity contribution in [2.45, 2.75) is 96.7 Å². The smallest absolute Gasteiger partial charge is 0.408 e. The van der Waals surface area contributed by atoms with E-state index in [1.165, 1.54) is 0 Å². The summed E-state index contributed by atoms with van der Waals surface area (Å²) in [5, 5.41) is 13.2. The van der Waals surface area contributed by atoms with Crippen molar-refractivity contribution in [2.24, 2.45) is 5.92 Å². The molecule has 1 amide bonds. The fraction of sp³-hybridized carbons (Fsp3) is 0.533. The first kappa shape index (κ1) is 30.6. The first-order chi connectivity index (χ1) is 16.9. The monoisotopic (exact) mass is 527 g/mol. The van der Waals surface area contributed by atoms with E-state index in [1.807, 2.05) is 88.4 Å². The van der Waals surface area contributed by atoms with E-state index in [0.29, 0.717) is 6.42 Å². The molecule has 0 fully saturated rings. The molecule has 0 spiro atoms. The van der Waals surface area contributed by atoms with Crippen molar-refractivity contribution in [3.63, 3.8) is 0 Å². The van der Waals surface area contributed by atoms with Crippen molar-refractivity contribution in [1.29, 1.82) is 0 Å². The Hall–Kier alpha value is -2.64. The Morgan fingerprint density at radius 1 is 0.892 bits per heavy atom. The Morgan fingerprint density at radius 3 is 1.86 bits per heavy atom. The maximum atomic E-state index is 13.1. The Kier molecular flexibility index (Phi) is 9.77. The average molecular weight is 528 g/mol. The van der Waals surface area contributed by atoms with E-state index in [2.05, 4.69) is 39.2 Å². The van der Waals surface area contributed by atoms with Gasteiger partial charge < -0.3 is 19.6 Å². The molecule has 0 unspecified atom stereocenters. The molecule has 2 rings (SSSR count). The van der Waals surface area contributed by atoms with E-state index < -0.39 is 43.5 Å². The largest absolute Gasteiger partial charge is 0.481 e. The van der Waals surface area contributed by atoms with E-state index in [4.69, 9.17) is 9.16 Å². The van der Waals surface area contributed by atoms with Gasteiger partial charge in [-0.15, -0.1) is 0 Å². The minimum absolute atomic E-state index is 0.118. The van der Waals surface area contributed by atoms with Crippen molar-refractivity contribution < 1.29 is 23.9 Å². The lowest BCUT2D eigenvalue weighted by atomic mass is 9.80. The number of carboxylic acids is 1. The number of hydrogen-bond acceptors (Lipinski definition) is 4. The number of ether oxygens (including phenoxy) is 1. The normalized spacial score (nSPS) is 15.8. The molecule has 2 aromatic carbocycles. The van der Waals surface area contributed by atoms with Crippen LogP contribution in [0.15, 0.2) is 60.7 Å². The van der Waals surface area contributed by atoms with E-state index in [1.54, 1.807) is 0 Å². The van der Waals surface area contributed by atoms with Crippen LogP contribution in [0.2, 0.25) is 18.1 Å². The predicted molar refractivity (Wildman–Crippen MR) is 151 cm³/mol. The quantitative estimate of drug-likeness (QED) is 0.321. The van der Waals surface area contributed by atoms with Gasteiger partial charge in [-0.25, -0.2) is 4.79 Å². The van der Waals surface area contributed by atoms with Gasteiger partial charge in [-0.3, -0.25) is 4.79 Å². The fourth-order valence-corrected chi connectivity index (χ4v) is 5.40. The summed E-state index contributed by atoms with van der Waals surface area (Å²) < 4.78 is 12.6. The van der Waals surface area contributed by atoms with Gasteiger partial charge in [0, 0.05) is 0 Å². The van der Waals surface area contributed by atoms with Gasteiger partial charge in [-0.2, -0.15) is 0 Å². The Morgan fingerprint density at radius 2 is 1.41 bits per heavy atom. The molecule has 6 nitrogen and oxygen atoms in total. The summed E-state index contributed by atoms with van der Waals surface area (Å²) in [6, 6.07) is 19.2. The third-order valence-corrected chi connectivity index (χ3v) is 11.7. The van der Waals surface area contributed by atoms with Crippen LogP contribution in [-0.4, -0.2) is 37.2 Å². The molecule has 2 aromatic rings. The molecule has 0 aliphatic heterocycles. The van der Waals surface area contributed by atoms with Crippen LogP contribution in [0.1, 0.15) is 66.0 Å². The molecule has 2 N–H and O–H groups in total. The summed E-state index contributed by atoms with van der Waals surface area (Å²) in [6.07, 6.45) is -0.603. The van der Waals surface area contributed by atoms with Crippen molar-refractivity contribution in [3.8, 4) is 0 Å². The van der Waals surface area contributed by atoms with Crippen LogP contribution in [0.5, 0.6) is 0 Å². The zero-order chi connectivity index (χ0) is 28.1. The second-order valence-electron chi connectivity index (χ2n) is 12.5. The molecule has 37 heavy (non-hydrogen) atoms. The van der Waals surface area contributed by atoms with E-state index in [-0.39, 0.29) is 11.5 Å². The number of benzene rings is 2. The highest BCUT2D eigenvalue weighted by Crippen LogP contribution is 2.42. The number of rotatable bonds is 10. The van der Waals surface area contributed by atoms with Crippen LogP contribution in [-0.2, 0) is 25.9 Å². The van der Waals surface area contributed by atoms with Crippen molar-refractivity contribution in [2.75, 3.05) is 0 Å². The lowest BCUT2D eigenvalue weighted by Crippen LogP contribution is -2.58. The van der Waals surface area contributed by atoms with Gasteiger partial charge in [0.2, 0.25) is 0 Å². The highest BCUT2D eigenvalue weighted by atomic mass is 28.4. The van der Waals surface area contributed by atoms with E-state index >= 15 is 0 Å². The van der Waals surface area contributed by atoms with Gasteiger partial charge in [-0.05, 0) is 69.8 Å². The minimum atomic E-state index is -2.39. The Bertz CT molecular complexity index is 1030. The lowest BCUT2D eigenvalue weighted by molar-refractivity contribution is -0.143. The SMILES string of the molecule is CC(C)(C)OC(=O)N[C@@](C)(c1ccccc1)[C@@H](C[C@@H](Cc1ccccc1)C(=O)O)O[Si](C)(C)C(C)(C)C. The lowest BCUT2D eigenvalue weighted by Gasteiger charge is -2.46. The van der Waals surface area contributed by atoms with Crippen LogP contribution in [0.25, 0.3) is 0 Å². The van der Waals surface area contributed by atoms with Gasteiger partial charge in [0.25, 0.3) is 0 Å². The molecule has 0 radical (unpaired) electrons. The van der Waals surface area contributed by atoms with Gasteiger partial charge in [0.1, 0.15) is 5.60 Å². The van der Waals surface area contributed by atoms with Crippen molar-refractivity contribution >= 4 is 20.4 Å². The molecule has 0 aliphatic rings. The summed E-state index contributed by atoms with van der Waals surface area (Å²) in [6.45, 7) is 18.1. The molecule has 7 heteroatoms. The zero-order valence-corrected chi connectivity index (χ0v) is 24.9. The molecule has 204 valence electrons. The molecule has 0 aromatic heterocycles. The first-order valence-electron chi connectivity index (χ1n) is 13.0. The molecule has 0 heterocycles. The van der Waals surface area contributed by atoms with Gasteiger partial charge >= 0.3 is 12.1 Å². The molecule has 0 saturated carbocycles. The number of carbonyl (C=O) groups is 2. The number of amides is 1. The molecular weight excluding hydrogens is 482 g/mol. The third kappa shape index (κ3) is 8.71. The summed E-state index contributed by atoms with van der Waals surface area (Å²) in [7, 11) is -2.39. The number of nitrogens with one attached hydrogen (secondary N) is 1. The van der Waals surface area contributed by atoms with Crippen LogP contribution in [0.3, 0.4) is 0 Å². The fourth-order valence-electron chi connectivity index (χ4n) is 4.00. The number of hydrogen-bond donors (Lipinski definition) is 2. The zero-order valence-electron chi connectivity index (χ0n) is 23.9. The van der Waals surface area contributed by atoms with Gasteiger partial charge in [0.05, 0.1) is 17.6 Å². The average Bonchev–Trinajstić information content (AvgIpc) is 2.77. The second-order valence-corrected chi connectivity index (χ2v) is 17.3. The van der Waals surface area contributed by atoms with E-state index in [0.717, 1.165) is 11.1 Å². The number of carbonyl (C=O) groups excluding carboxylic acids is 1. The predicted octanol–water partition coefficient (Wildman–Crippen LogP) is 7.15. The molecule has 0 bridgehead atoms. The van der Waals surface area contributed by atoms with Crippen LogP contribution >= 0.6 is 0 Å². The summed E-state index contributed by atoms with van der Waals surface area (Å²) in [5.74, 6) is -1.60. The minimum Gasteiger partial charge on any atom is -0.481 e. The highest BCUT2D eigenvalue weighted by molar-refractivity contribution is 6.74. The molecule has 0 aliphatic carbocycles. The maximum Gasteiger partial charge on any atom is 0.408 e. The van der Waals surface area contributed by atoms with Gasteiger partial charge in [-0.1, -0.05) is 81.4 Å². The van der Waals surface area contributed by atoms with Crippen LogP contribution in [0, 0.1) is 5.92 Å². The standard InChI is InChI=1S/C30H45NO5Si/c1-28(2,3)35-27(34)31-30(7,24-18-14-11-15-19-24)25(36-37(8,9)29(4,5)6)21-23(26(32)33)20-22-16-12-10-13-17-22/h10-19,23,25H,20-21H2,1-9H3,(H,31,34)(H,32,33)/t23-,25-,30+/m1/s1. The third-order valence-electron chi connectivity index (χ3n) is 7.19. The topological polar surface area (TPSA) is 84.9 Å². The Balaban J connectivity index is 2.60. The van der Waals surface area contributed by atoms with Gasteiger partial charge in [0.15, 0.2) is 8.32 Å². The van der Waals surface area contributed by atoms with Crippen molar-refractivity contribution in [3.05, 3.63) is 71.8 Å². The maximum absolute atomic E-state index is 13.1. The summed E-state index contributed by atoms with van der Waals surface area (Å²) in [5.41, 5.74) is 0.0497. The number of carboxylic acid groups (broad SMARTS) is 1. The van der Waals surface area contributed by atoms with Crippen LogP contribution < -0.4 is 5.32 Å². The summed E-state index contributed by atoms with van der Waals surface area (Å²) >= 11 is 0. The molecular formula is C30H45NO5Si. The van der Waals surface area contributed by atoms with E-state index in [9.17, 15) is 14.7 Å². The molecule has 0 saturated heterocycles.